The van der Waals surface area contributed by atoms with Crippen molar-refractivity contribution in [3.63, 3.8) is 0 Å². The van der Waals surface area contributed by atoms with Crippen molar-refractivity contribution in [3.05, 3.63) is 64.2 Å². The molecule has 2 aromatic carbocycles. The summed E-state index contributed by atoms with van der Waals surface area (Å²) in [5.74, 6) is -0.730. The number of hydrogen-bond donors (Lipinski definition) is 1. The average Bonchev–Trinajstić information content (AvgIpc) is 2.78. The fraction of sp³-hybridized carbons (Fsp3) is 0.462. The Morgan fingerprint density at radius 1 is 1.06 bits per heavy atom. The highest BCUT2D eigenvalue weighted by molar-refractivity contribution is 7.92. The molecule has 0 bridgehead atoms. The van der Waals surface area contributed by atoms with Crippen LogP contribution in [0.2, 0.25) is 5.02 Å². The molecule has 35 heavy (non-hydrogen) atoms. The molecular weight excluding hydrogens is 486 g/mol. The number of aryl methyl sites for hydroxylation is 2. The highest BCUT2D eigenvalue weighted by Gasteiger charge is 2.32. The normalized spacial score (nSPS) is 13.1. The summed E-state index contributed by atoms with van der Waals surface area (Å²) in [5.41, 5.74) is 2.98. The maximum Gasteiger partial charge on any atom is 0.244 e. The van der Waals surface area contributed by atoms with Gasteiger partial charge in [0.05, 0.1) is 11.9 Å². The molecule has 0 aliphatic carbocycles. The third-order valence-electron chi connectivity index (χ3n) is 5.94. The second-order valence-electron chi connectivity index (χ2n) is 8.96. The Balaban J connectivity index is 2.46. The van der Waals surface area contributed by atoms with Crippen LogP contribution in [0.5, 0.6) is 0 Å². The molecule has 7 nitrogen and oxygen atoms in total. The van der Waals surface area contributed by atoms with Gasteiger partial charge in [-0.2, -0.15) is 0 Å². The molecule has 2 unspecified atom stereocenters. The summed E-state index contributed by atoms with van der Waals surface area (Å²) in [4.78, 5) is 28.3. The molecule has 0 heterocycles. The first-order valence-corrected chi connectivity index (χ1v) is 14.0. The van der Waals surface area contributed by atoms with Crippen molar-refractivity contribution in [3.8, 4) is 0 Å². The largest absolute Gasteiger partial charge is 0.352 e. The molecular formula is C26H36ClN3O4S. The predicted octanol–water partition coefficient (Wildman–Crippen LogP) is 4.44. The molecule has 0 spiro atoms. The van der Waals surface area contributed by atoms with E-state index in [-0.39, 0.29) is 18.5 Å². The van der Waals surface area contributed by atoms with Gasteiger partial charge in [0, 0.05) is 17.6 Å². The van der Waals surface area contributed by atoms with E-state index in [2.05, 4.69) is 5.32 Å². The monoisotopic (exact) mass is 521 g/mol. The molecule has 2 rings (SSSR count). The van der Waals surface area contributed by atoms with Crippen LogP contribution in [-0.4, -0.2) is 50.0 Å². The van der Waals surface area contributed by atoms with E-state index in [1.165, 1.54) is 11.0 Å². The second-order valence-corrected chi connectivity index (χ2v) is 11.3. The Hall–Kier alpha value is -2.58. The summed E-state index contributed by atoms with van der Waals surface area (Å²) in [7, 11) is -3.80. The van der Waals surface area contributed by atoms with Crippen molar-refractivity contribution in [2.75, 3.05) is 17.1 Å². The van der Waals surface area contributed by atoms with Crippen molar-refractivity contribution in [2.45, 2.75) is 66.1 Å². The number of nitrogens with one attached hydrogen (secondary N) is 1. The van der Waals surface area contributed by atoms with Gasteiger partial charge in [0.2, 0.25) is 21.8 Å². The van der Waals surface area contributed by atoms with E-state index in [1.54, 1.807) is 12.1 Å². The van der Waals surface area contributed by atoms with Gasteiger partial charge < -0.3 is 10.2 Å². The first-order valence-electron chi connectivity index (χ1n) is 11.8. The number of nitrogens with zero attached hydrogens (tertiary/aromatic N) is 2. The first kappa shape index (κ1) is 28.7. The van der Waals surface area contributed by atoms with Crippen LogP contribution in [-0.2, 0) is 26.2 Å². The SMILES string of the molecule is CCC(C)NC(=O)C(CC)N(Cc1cccc(C)c1)C(=O)CN(c1ccc(C)c(Cl)c1)S(C)(=O)=O. The predicted molar refractivity (Wildman–Crippen MR) is 142 cm³/mol. The fourth-order valence-corrected chi connectivity index (χ4v) is 4.73. The van der Waals surface area contributed by atoms with Crippen LogP contribution in [0.15, 0.2) is 42.5 Å². The minimum atomic E-state index is -3.80. The number of sulfonamides is 1. The standard InChI is InChI=1S/C26H36ClN3O4S/c1-7-20(5)28-26(32)24(8-2)29(16-21-11-9-10-18(3)14-21)25(31)17-30(35(6,33)34)22-13-12-19(4)23(27)15-22/h9-15,20,24H,7-8,16-17H2,1-6H3,(H,28,32). The van der Waals surface area contributed by atoms with Gasteiger partial charge in [-0.1, -0.05) is 61.3 Å². The fourth-order valence-electron chi connectivity index (χ4n) is 3.72. The van der Waals surface area contributed by atoms with Gasteiger partial charge in [0.15, 0.2) is 0 Å². The van der Waals surface area contributed by atoms with E-state index in [0.29, 0.717) is 17.1 Å². The van der Waals surface area contributed by atoms with E-state index in [4.69, 9.17) is 11.6 Å². The topological polar surface area (TPSA) is 86.8 Å². The summed E-state index contributed by atoms with van der Waals surface area (Å²) < 4.78 is 26.4. The molecule has 0 fully saturated rings. The van der Waals surface area contributed by atoms with Gasteiger partial charge in [-0.05, 0) is 56.9 Å². The Bertz CT molecular complexity index is 1150. The number of rotatable bonds is 11. The molecule has 0 saturated carbocycles. The second kappa shape index (κ2) is 12.4. The smallest absolute Gasteiger partial charge is 0.244 e. The molecule has 0 aliphatic heterocycles. The summed E-state index contributed by atoms with van der Waals surface area (Å²) in [6, 6.07) is 11.7. The maximum absolute atomic E-state index is 13.7. The summed E-state index contributed by atoms with van der Waals surface area (Å²) in [6.45, 7) is 9.21. The van der Waals surface area contributed by atoms with Crippen molar-refractivity contribution >= 4 is 39.1 Å². The van der Waals surface area contributed by atoms with Gasteiger partial charge in [0.25, 0.3) is 0 Å². The highest BCUT2D eigenvalue weighted by Crippen LogP contribution is 2.25. The molecule has 192 valence electrons. The molecule has 9 heteroatoms. The summed E-state index contributed by atoms with van der Waals surface area (Å²) in [5, 5.41) is 3.36. The molecule has 0 aliphatic rings. The maximum atomic E-state index is 13.7. The average molecular weight is 522 g/mol. The Morgan fingerprint density at radius 2 is 1.74 bits per heavy atom. The number of anilines is 1. The highest BCUT2D eigenvalue weighted by atomic mass is 35.5. The number of carbonyl (C=O) groups excluding carboxylic acids is 2. The van der Waals surface area contributed by atoms with Crippen molar-refractivity contribution in [1.82, 2.24) is 10.2 Å². The number of benzene rings is 2. The van der Waals surface area contributed by atoms with E-state index in [9.17, 15) is 18.0 Å². The molecule has 2 atom stereocenters. The van der Waals surface area contributed by atoms with Crippen LogP contribution in [0.4, 0.5) is 5.69 Å². The third-order valence-corrected chi connectivity index (χ3v) is 7.49. The van der Waals surface area contributed by atoms with Crippen LogP contribution >= 0.6 is 11.6 Å². The number of carbonyl (C=O) groups is 2. The lowest BCUT2D eigenvalue weighted by Crippen LogP contribution is -2.53. The first-order chi connectivity index (χ1) is 16.4. The van der Waals surface area contributed by atoms with E-state index in [1.807, 2.05) is 58.9 Å². The zero-order valence-electron chi connectivity index (χ0n) is 21.3. The summed E-state index contributed by atoms with van der Waals surface area (Å²) in [6.07, 6.45) is 2.19. The van der Waals surface area contributed by atoms with Crippen LogP contribution in [0.25, 0.3) is 0 Å². The zero-order chi connectivity index (χ0) is 26.3. The number of amides is 2. The lowest BCUT2D eigenvalue weighted by molar-refractivity contribution is -0.140. The van der Waals surface area contributed by atoms with Gasteiger partial charge in [0.1, 0.15) is 12.6 Å². The Morgan fingerprint density at radius 3 is 2.29 bits per heavy atom. The molecule has 0 radical (unpaired) electrons. The van der Waals surface area contributed by atoms with Crippen LogP contribution in [0.1, 0.15) is 50.3 Å². The molecule has 2 amide bonds. The Labute approximate surface area is 214 Å². The summed E-state index contributed by atoms with van der Waals surface area (Å²) >= 11 is 6.24. The number of hydrogen-bond acceptors (Lipinski definition) is 4. The third kappa shape index (κ3) is 7.97. The molecule has 1 N–H and O–H groups in total. The number of halogens is 1. The quantitative estimate of drug-likeness (QED) is 0.473. The van der Waals surface area contributed by atoms with Gasteiger partial charge in [-0.25, -0.2) is 8.42 Å². The van der Waals surface area contributed by atoms with Gasteiger partial charge in [-0.15, -0.1) is 0 Å². The lowest BCUT2D eigenvalue weighted by atomic mass is 10.1. The minimum absolute atomic E-state index is 0.0466. The molecule has 2 aromatic rings. The van der Waals surface area contributed by atoms with Gasteiger partial charge >= 0.3 is 0 Å². The van der Waals surface area contributed by atoms with Crippen molar-refractivity contribution in [1.29, 1.82) is 0 Å². The van der Waals surface area contributed by atoms with Crippen LogP contribution in [0, 0.1) is 13.8 Å². The lowest BCUT2D eigenvalue weighted by Gasteiger charge is -2.33. The van der Waals surface area contributed by atoms with Gasteiger partial charge in [-0.3, -0.25) is 13.9 Å². The molecule has 0 aromatic heterocycles. The van der Waals surface area contributed by atoms with Crippen molar-refractivity contribution < 1.29 is 18.0 Å². The Kier molecular flexibility index (Phi) is 10.2. The van der Waals surface area contributed by atoms with Crippen molar-refractivity contribution in [2.24, 2.45) is 0 Å². The van der Waals surface area contributed by atoms with Crippen LogP contribution in [0.3, 0.4) is 0 Å². The van der Waals surface area contributed by atoms with E-state index >= 15 is 0 Å². The van der Waals surface area contributed by atoms with E-state index in [0.717, 1.165) is 33.7 Å². The van der Waals surface area contributed by atoms with E-state index < -0.39 is 28.5 Å². The molecule has 0 saturated heterocycles. The van der Waals surface area contributed by atoms with Crippen LogP contribution < -0.4 is 9.62 Å². The zero-order valence-corrected chi connectivity index (χ0v) is 22.9. The minimum Gasteiger partial charge on any atom is -0.352 e.